The van der Waals surface area contributed by atoms with E-state index in [1.807, 2.05) is 31.2 Å². The van der Waals surface area contributed by atoms with Crippen LogP contribution in [0.3, 0.4) is 0 Å². The van der Waals surface area contributed by atoms with Crippen LogP contribution in [0.25, 0.3) is 0 Å². The molecule has 5 heteroatoms. The summed E-state index contributed by atoms with van der Waals surface area (Å²) >= 11 is 5.93. The molecule has 2 rings (SSSR count). The Morgan fingerprint density at radius 3 is 2.76 bits per heavy atom. The highest BCUT2D eigenvalue weighted by molar-refractivity contribution is 6.30. The van der Waals surface area contributed by atoms with E-state index < -0.39 is 5.54 Å². The van der Waals surface area contributed by atoms with E-state index >= 15 is 0 Å². The van der Waals surface area contributed by atoms with E-state index in [0.717, 1.165) is 31.4 Å². The summed E-state index contributed by atoms with van der Waals surface area (Å²) in [5, 5.41) is 7.13. The van der Waals surface area contributed by atoms with Crippen LogP contribution in [0.5, 0.6) is 0 Å². The number of ether oxygens (including phenoxy) is 1. The molecule has 21 heavy (non-hydrogen) atoms. The van der Waals surface area contributed by atoms with Crippen LogP contribution in [0.15, 0.2) is 24.3 Å². The number of carbonyl (C=O) groups is 1. The van der Waals surface area contributed by atoms with Crippen molar-refractivity contribution in [3.05, 3.63) is 34.9 Å². The van der Waals surface area contributed by atoms with Crippen molar-refractivity contribution < 1.29 is 9.53 Å². The zero-order valence-electron chi connectivity index (χ0n) is 12.6. The van der Waals surface area contributed by atoms with Crippen LogP contribution in [-0.2, 0) is 9.53 Å². The second kappa shape index (κ2) is 7.25. The van der Waals surface area contributed by atoms with Crippen LogP contribution in [-0.4, -0.2) is 31.7 Å². The molecule has 0 aliphatic carbocycles. The van der Waals surface area contributed by atoms with Gasteiger partial charge in [-0.05, 0) is 50.4 Å². The third-order valence-electron chi connectivity index (χ3n) is 4.06. The van der Waals surface area contributed by atoms with Gasteiger partial charge in [-0.3, -0.25) is 4.79 Å². The third-order valence-corrected chi connectivity index (χ3v) is 4.31. The number of carbonyl (C=O) groups excluding carboxylic acids is 1. The number of benzene rings is 1. The Labute approximate surface area is 131 Å². The van der Waals surface area contributed by atoms with Gasteiger partial charge in [0.15, 0.2) is 0 Å². The van der Waals surface area contributed by atoms with Crippen molar-refractivity contribution in [1.29, 1.82) is 0 Å². The predicted octanol–water partition coefficient (Wildman–Crippen LogP) is 2.68. The summed E-state index contributed by atoms with van der Waals surface area (Å²) in [6.07, 6.45) is 2.64. The highest BCUT2D eigenvalue weighted by Crippen LogP contribution is 2.23. The van der Waals surface area contributed by atoms with Crippen molar-refractivity contribution in [2.24, 2.45) is 0 Å². The number of halogens is 1. The molecule has 2 N–H and O–H groups in total. The molecule has 1 aromatic rings. The molecule has 0 spiro atoms. The molecular weight excluding hydrogens is 288 g/mol. The van der Waals surface area contributed by atoms with Crippen molar-refractivity contribution >= 4 is 17.5 Å². The lowest BCUT2D eigenvalue weighted by atomic mass is 9.97. The van der Waals surface area contributed by atoms with Crippen molar-refractivity contribution in [3.8, 4) is 0 Å². The molecule has 2 atom stereocenters. The van der Waals surface area contributed by atoms with Gasteiger partial charge in [0.05, 0.1) is 11.6 Å². The zero-order chi connectivity index (χ0) is 15.3. The molecule has 1 aliphatic rings. The van der Waals surface area contributed by atoms with Gasteiger partial charge in [0.1, 0.15) is 0 Å². The Morgan fingerprint density at radius 1 is 1.48 bits per heavy atom. The van der Waals surface area contributed by atoms with E-state index in [1.54, 1.807) is 7.11 Å². The van der Waals surface area contributed by atoms with E-state index in [-0.39, 0.29) is 11.9 Å². The van der Waals surface area contributed by atoms with Crippen molar-refractivity contribution in [2.75, 3.05) is 20.3 Å². The quantitative estimate of drug-likeness (QED) is 0.849. The van der Waals surface area contributed by atoms with Gasteiger partial charge in [-0.25, -0.2) is 0 Å². The largest absolute Gasteiger partial charge is 0.385 e. The maximum atomic E-state index is 12.5. The Morgan fingerprint density at radius 2 is 2.19 bits per heavy atom. The molecule has 1 aliphatic heterocycles. The first-order valence-corrected chi connectivity index (χ1v) is 7.73. The average Bonchev–Trinajstić information content (AvgIpc) is 2.92. The van der Waals surface area contributed by atoms with Gasteiger partial charge in [-0.2, -0.15) is 0 Å². The first-order chi connectivity index (χ1) is 10.0. The predicted molar refractivity (Wildman–Crippen MR) is 84.5 cm³/mol. The molecule has 4 nitrogen and oxygen atoms in total. The highest BCUT2D eigenvalue weighted by Gasteiger charge is 2.36. The smallest absolute Gasteiger partial charge is 0.240 e. The molecule has 0 unspecified atom stereocenters. The zero-order valence-corrected chi connectivity index (χ0v) is 13.4. The summed E-state index contributed by atoms with van der Waals surface area (Å²) < 4.78 is 5.16. The minimum absolute atomic E-state index is 0.0519. The highest BCUT2D eigenvalue weighted by atomic mass is 35.5. The second-order valence-electron chi connectivity index (χ2n) is 5.72. The normalized spacial score (nSPS) is 23.0. The summed E-state index contributed by atoms with van der Waals surface area (Å²) in [6, 6.07) is 7.53. The molecule has 0 saturated carbocycles. The van der Waals surface area contributed by atoms with Gasteiger partial charge in [0, 0.05) is 18.7 Å². The van der Waals surface area contributed by atoms with E-state index in [2.05, 4.69) is 10.6 Å². The molecule has 1 amide bonds. The summed E-state index contributed by atoms with van der Waals surface area (Å²) in [4.78, 5) is 12.5. The Kier molecular flexibility index (Phi) is 5.62. The second-order valence-corrected chi connectivity index (χ2v) is 6.16. The van der Waals surface area contributed by atoms with Crippen LogP contribution >= 0.6 is 11.6 Å². The molecule has 1 saturated heterocycles. The Hall–Kier alpha value is -1.10. The summed E-state index contributed by atoms with van der Waals surface area (Å²) in [7, 11) is 1.67. The van der Waals surface area contributed by atoms with E-state index in [1.165, 1.54) is 0 Å². The molecule has 0 bridgehead atoms. The van der Waals surface area contributed by atoms with Gasteiger partial charge >= 0.3 is 0 Å². The topological polar surface area (TPSA) is 50.4 Å². The van der Waals surface area contributed by atoms with Gasteiger partial charge in [-0.1, -0.05) is 23.7 Å². The number of rotatable bonds is 6. The molecule has 116 valence electrons. The average molecular weight is 311 g/mol. The minimum Gasteiger partial charge on any atom is -0.385 e. The van der Waals surface area contributed by atoms with Crippen LogP contribution in [0, 0.1) is 0 Å². The van der Waals surface area contributed by atoms with E-state index in [0.29, 0.717) is 11.6 Å². The van der Waals surface area contributed by atoms with Crippen LogP contribution < -0.4 is 10.6 Å². The van der Waals surface area contributed by atoms with Gasteiger partial charge < -0.3 is 15.4 Å². The van der Waals surface area contributed by atoms with Crippen molar-refractivity contribution in [2.45, 2.75) is 37.8 Å². The van der Waals surface area contributed by atoms with Gasteiger partial charge in [-0.15, -0.1) is 0 Å². The summed E-state index contributed by atoms with van der Waals surface area (Å²) in [6.45, 7) is 3.45. The lowest BCUT2D eigenvalue weighted by molar-refractivity contribution is -0.127. The maximum Gasteiger partial charge on any atom is 0.240 e. The van der Waals surface area contributed by atoms with E-state index in [9.17, 15) is 4.79 Å². The fraction of sp³-hybridized carbons (Fsp3) is 0.562. The molecule has 1 fully saturated rings. The Bertz CT molecular complexity index is 470. The van der Waals surface area contributed by atoms with Crippen LogP contribution in [0.2, 0.25) is 5.02 Å². The van der Waals surface area contributed by atoms with Crippen molar-refractivity contribution in [1.82, 2.24) is 10.6 Å². The fourth-order valence-corrected chi connectivity index (χ4v) is 2.78. The summed E-state index contributed by atoms with van der Waals surface area (Å²) in [5.74, 6) is 0.0519. The lowest BCUT2D eigenvalue weighted by Gasteiger charge is -2.27. The van der Waals surface area contributed by atoms with Crippen LogP contribution in [0.4, 0.5) is 0 Å². The van der Waals surface area contributed by atoms with Gasteiger partial charge in [0.2, 0.25) is 5.91 Å². The number of methoxy groups -OCH3 is 1. The minimum atomic E-state index is -0.461. The molecule has 1 aromatic carbocycles. The molecule has 1 heterocycles. The van der Waals surface area contributed by atoms with E-state index in [4.69, 9.17) is 16.3 Å². The number of hydrogen-bond acceptors (Lipinski definition) is 3. The first kappa shape index (κ1) is 16.3. The first-order valence-electron chi connectivity index (χ1n) is 7.35. The molecular formula is C16H23ClN2O2. The summed E-state index contributed by atoms with van der Waals surface area (Å²) in [5.41, 5.74) is 0.587. The van der Waals surface area contributed by atoms with Crippen molar-refractivity contribution in [3.63, 3.8) is 0 Å². The number of hydrogen-bond donors (Lipinski definition) is 2. The number of nitrogens with one attached hydrogen (secondary N) is 2. The van der Waals surface area contributed by atoms with Gasteiger partial charge in [0.25, 0.3) is 0 Å². The maximum absolute atomic E-state index is 12.5. The van der Waals surface area contributed by atoms with Crippen LogP contribution in [0.1, 0.15) is 37.8 Å². The molecule has 0 radical (unpaired) electrons. The third kappa shape index (κ3) is 4.19. The Balaban J connectivity index is 2.08. The lowest BCUT2D eigenvalue weighted by Crippen LogP contribution is -2.52. The molecule has 0 aromatic heterocycles. The monoisotopic (exact) mass is 310 g/mol. The number of amides is 1. The fourth-order valence-electron chi connectivity index (χ4n) is 2.66. The standard InChI is InChI=1S/C16H23ClN2O2/c1-16(9-3-10-18-16)15(20)19-14(8-11-21-2)12-4-6-13(17)7-5-12/h4-7,14,18H,3,8-11H2,1-2H3,(H,19,20)/t14-,16-/m1/s1. The SMILES string of the molecule is COCC[C@@H](NC(=O)[C@@]1(C)CCCN1)c1ccc(Cl)cc1.